The SMILES string of the molecule is CC(C)(C)OC(=O)NC(Cc1ccccc1)C(=O)NC(CO)Cc1ccc(OCC(=O)O)c(C(=O)O)c1. The second kappa shape index (κ2) is 13.3. The van der Waals surface area contributed by atoms with Crippen LogP contribution in [0.5, 0.6) is 5.75 Å². The first-order valence-electron chi connectivity index (χ1n) is 11.5. The van der Waals surface area contributed by atoms with E-state index in [1.54, 1.807) is 32.9 Å². The van der Waals surface area contributed by atoms with Crippen molar-refractivity contribution in [2.75, 3.05) is 13.2 Å². The van der Waals surface area contributed by atoms with Crippen LogP contribution in [0.4, 0.5) is 4.79 Å². The number of nitrogens with one attached hydrogen (secondary N) is 2. The van der Waals surface area contributed by atoms with Crippen LogP contribution in [-0.2, 0) is 27.2 Å². The number of carbonyl (C=O) groups is 4. The van der Waals surface area contributed by atoms with Crippen molar-refractivity contribution in [2.24, 2.45) is 0 Å². The van der Waals surface area contributed by atoms with Crippen LogP contribution in [0, 0.1) is 0 Å². The van der Waals surface area contributed by atoms with Gasteiger partial charge in [0.2, 0.25) is 5.91 Å². The normalized spacial score (nSPS) is 12.6. The highest BCUT2D eigenvalue weighted by Gasteiger charge is 2.26. The first kappa shape index (κ1) is 29.1. The molecule has 0 radical (unpaired) electrons. The Bertz CT molecular complexity index is 1100. The summed E-state index contributed by atoms with van der Waals surface area (Å²) in [6, 6.07) is 11.4. The first-order valence-corrected chi connectivity index (χ1v) is 11.5. The van der Waals surface area contributed by atoms with Crippen LogP contribution in [0.2, 0.25) is 0 Å². The van der Waals surface area contributed by atoms with Gasteiger partial charge in [0.1, 0.15) is 23.0 Å². The Labute approximate surface area is 214 Å². The molecule has 0 aliphatic carbocycles. The number of aliphatic hydroxyl groups is 1. The van der Waals surface area contributed by atoms with Gasteiger partial charge in [0.25, 0.3) is 0 Å². The predicted octanol–water partition coefficient (Wildman–Crippen LogP) is 2.00. The number of hydrogen-bond donors (Lipinski definition) is 5. The largest absolute Gasteiger partial charge is 0.481 e. The van der Waals surface area contributed by atoms with Crippen LogP contribution in [0.15, 0.2) is 48.5 Å². The summed E-state index contributed by atoms with van der Waals surface area (Å²) in [7, 11) is 0. The van der Waals surface area contributed by atoms with Crippen LogP contribution in [0.25, 0.3) is 0 Å². The molecular formula is C26H32N2O9. The monoisotopic (exact) mass is 516 g/mol. The number of ether oxygens (including phenoxy) is 2. The molecule has 0 heterocycles. The van der Waals surface area contributed by atoms with Gasteiger partial charge in [-0.1, -0.05) is 36.4 Å². The number of carboxylic acid groups (broad SMARTS) is 2. The van der Waals surface area contributed by atoms with Crippen LogP contribution in [0.3, 0.4) is 0 Å². The van der Waals surface area contributed by atoms with Crippen molar-refractivity contribution in [3.05, 3.63) is 65.2 Å². The molecule has 2 atom stereocenters. The number of benzene rings is 2. The highest BCUT2D eigenvalue weighted by molar-refractivity contribution is 5.91. The Morgan fingerprint density at radius 1 is 0.919 bits per heavy atom. The number of aliphatic carboxylic acids is 1. The zero-order valence-corrected chi connectivity index (χ0v) is 20.9. The molecule has 2 unspecified atom stereocenters. The number of aliphatic hydroxyl groups excluding tert-OH is 1. The fraction of sp³-hybridized carbons (Fsp3) is 0.385. The average Bonchev–Trinajstić information content (AvgIpc) is 2.81. The Hall–Kier alpha value is -4.12. The molecule has 0 saturated heterocycles. The van der Waals surface area contributed by atoms with Gasteiger partial charge in [-0.2, -0.15) is 0 Å². The maximum atomic E-state index is 13.1. The minimum atomic E-state index is -1.32. The summed E-state index contributed by atoms with van der Waals surface area (Å²) in [6.07, 6.45) is -0.540. The lowest BCUT2D eigenvalue weighted by molar-refractivity contribution is -0.139. The number of alkyl carbamates (subject to hydrolysis) is 1. The van der Waals surface area contributed by atoms with Gasteiger partial charge in [-0.15, -0.1) is 0 Å². The topological polar surface area (TPSA) is 171 Å². The van der Waals surface area contributed by atoms with Gasteiger partial charge in [0, 0.05) is 6.42 Å². The smallest absolute Gasteiger partial charge is 0.408 e. The quantitative estimate of drug-likeness (QED) is 0.283. The summed E-state index contributed by atoms with van der Waals surface area (Å²) >= 11 is 0. The molecule has 5 N–H and O–H groups in total. The predicted molar refractivity (Wildman–Crippen MR) is 133 cm³/mol. The molecule has 0 saturated carbocycles. The van der Waals surface area contributed by atoms with E-state index in [9.17, 15) is 29.4 Å². The van der Waals surface area contributed by atoms with Gasteiger partial charge >= 0.3 is 18.0 Å². The van der Waals surface area contributed by atoms with Gasteiger partial charge in [0.05, 0.1) is 12.6 Å². The van der Waals surface area contributed by atoms with Crippen LogP contribution in [0.1, 0.15) is 42.3 Å². The van der Waals surface area contributed by atoms with E-state index in [0.717, 1.165) is 5.56 Å². The highest BCUT2D eigenvalue weighted by atomic mass is 16.6. The highest BCUT2D eigenvalue weighted by Crippen LogP contribution is 2.21. The lowest BCUT2D eigenvalue weighted by Gasteiger charge is -2.25. The zero-order valence-electron chi connectivity index (χ0n) is 20.9. The lowest BCUT2D eigenvalue weighted by Crippen LogP contribution is -2.52. The van der Waals surface area contributed by atoms with Crippen LogP contribution < -0.4 is 15.4 Å². The van der Waals surface area contributed by atoms with Gasteiger partial charge < -0.3 is 35.4 Å². The molecule has 2 rings (SSSR count). The molecule has 200 valence electrons. The summed E-state index contributed by atoms with van der Waals surface area (Å²) in [5.41, 5.74) is 0.227. The third kappa shape index (κ3) is 10.2. The van der Waals surface area contributed by atoms with Crippen molar-refractivity contribution < 1.29 is 44.0 Å². The van der Waals surface area contributed by atoms with E-state index in [1.807, 2.05) is 18.2 Å². The minimum absolute atomic E-state index is 0.0617. The molecule has 2 amide bonds. The Kier molecular flexibility index (Phi) is 10.4. The zero-order chi connectivity index (χ0) is 27.6. The van der Waals surface area contributed by atoms with E-state index in [2.05, 4.69) is 10.6 Å². The Balaban J connectivity index is 2.17. The van der Waals surface area contributed by atoms with E-state index in [4.69, 9.17) is 14.6 Å². The van der Waals surface area contributed by atoms with Crippen molar-refractivity contribution >= 4 is 23.9 Å². The third-order valence-electron chi connectivity index (χ3n) is 4.96. The molecule has 0 fully saturated rings. The molecule has 2 aromatic carbocycles. The molecule has 0 aliphatic rings. The van der Waals surface area contributed by atoms with Crippen molar-refractivity contribution in [1.82, 2.24) is 10.6 Å². The average molecular weight is 517 g/mol. The lowest BCUT2D eigenvalue weighted by atomic mass is 10.0. The van der Waals surface area contributed by atoms with Crippen LogP contribution in [-0.4, -0.2) is 70.2 Å². The standard InChI is InChI=1S/C26H32N2O9/c1-26(2,3)37-25(35)28-20(13-16-7-5-4-6-8-16)23(32)27-18(14-29)11-17-9-10-21(36-15-22(30)31)19(12-17)24(33)34/h4-10,12,18,20,29H,11,13-15H2,1-3H3,(H,27,32)(H,28,35)(H,30,31)(H,33,34). The van der Waals surface area contributed by atoms with Gasteiger partial charge in [-0.3, -0.25) is 4.79 Å². The maximum absolute atomic E-state index is 13.1. The fourth-order valence-corrected chi connectivity index (χ4v) is 3.39. The van der Waals surface area contributed by atoms with Crippen LogP contribution >= 0.6 is 0 Å². The van der Waals surface area contributed by atoms with Crippen molar-refractivity contribution in [3.8, 4) is 5.75 Å². The molecule has 0 aromatic heterocycles. The summed E-state index contributed by atoms with van der Waals surface area (Å²) in [5.74, 6) is -3.26. The first-order chi connectivity index (χ1) is 17.4. The molecule has 2 aromatic rings. The van der Waals surface area contributed by atoms with Gasteiger partial charge in [0.15, 0.2) is 6.61 Å². The molecular weight excluding hydrogens is 484 g/mol. The molecule has 0 bridgehead atoms. The van der Waals surface area contributed by atoms with Gasteiger partial charge in [-0.05, 0) is 50.5 Å². The summed E-state index contributed by atoms with van der Waals surface area (Å²) in [5, 5.41) is 33.4. The number of hydrogen-bond acceptors (Lipinski definition) is 7. The second-order valence-electron chi connectivity index (χ2n) is 9.30. The maximum Gasteiger partial charge on any atom is 0.408 e. The van der Waals surface area contributed by atoms with E-state index >= 15 is 0 Å². The van der Waals surface area contributed by atoms with E-state index in [1.165, 1.54) is 18.2 Å². The third-order valence-corrected chi connectivity index (χ3v) is 4.96. The van der Waals surface area contributed by atoms with Gasteiger partial charge in [-0.25, -0.2) is 14.4 Å². The van der Waals surface area contributed by atoms with E-state index in [-0.39, 0.29) is 24.2 Å². The van der Waals surface area contributed by atoms with E-state index in [0.29, 0.717) is 5.56 Å². The number of aromatic carboxylic acids is 1. The number of carboxylic acids is 2. The molecule has 11 nitrogen and oxygen atoms in total. The summed E-state index contributed by atoms with van der Waals surface area (Å²) < 4.78 is 10.3. The molecule has 37 heavy (non-hydrogen) atoms. The van der Waals surface area contributed by atoms with Crippen molar-refractivity contribution in [2.45, 2.75) is 51.3 Å². The number of rotatable bonds is 12. The van der Waals surface area contributed by atoms with Crippen molar-refractivity contribution in [3.63, 3.8) is 0 Å². The fourth-order valence-electron chi connectivity index (χ4n) is 3.39. The molecule has 0 aliphatic heterocycles. The number of carbonyl (C=O) groups excluding carboxylic acids is 2. The summed E-state index contributed by atoms with van der Waals surface area (Å²) in [4.78, 5) is 47.9. The second-order valence-corrected chi connectivity index (χ2v) is 9.30. The molecule has 11 heteroatoms. The minimum Gasteiger partial charge on any atom is -0.481 e. The number of amides is 2. The van der Waals surface area contributed by atoms with Crippen molar-refractivity contribution in [1.29, 1.82) is 0 Å². The Morgan fingerprint density at radius 2 is 1.59 bits per heavy atom. The van der Waals surface area contributed by atoms with E-state index < -0.39 is 54.8 Å². The Morgan fingerprint density at radius 3 is 2.16 bits per heavy atom. The molecule has 0 spiro atoms. The summed E-state index contributed by atoms with van der Waals surface area (Å²) in [6.45, 7) is 3.93.